The van der Waals surface area contributed by atoms with Gasteiger partial charge in [0.25, 0.3) is 0 Å². The molecule has 0 bridgehead atoms. The van der Waals surface area contributed by atoms with E-state index in [4.69, 9.17) is 16.3 Å². The second kappa shape index (κ2) is 5.89. The predicted molar refractivity (Wildman–Crippen MR) is 75.5 cm³/mol. The topological polar surface area (TPSA) is 26.3 Å². The van der Waals surface area contributed by atoms with Crippen LogP contribution in [0.2, 0.25) is 5.02 Å². The first-order chi connectivity index (χ1) is 9.43. The lowest BCUT2D eigenvalue weighted by Gasteiger charge is -2.10. The van der Waals surface area contributed by atoms with E-state index < -0.39 is 17.4 Å². The third-order valence-electron chi connectivity index (χ3n) is 2.66. The van der Waals surface area contributed by atoms with Gasteiger partial charge in [0.05, 0.1) is 22.7 Å². The standard InChI is InChI=1S/C14H8BrClF2O2/c1-20-13-6-12(18)10(15)5-9(13)14(19)8-4-7(16)2-3-11(8)17/h2-6H,1H3. The van der Waals surface area contributed by atoms with E-state index in [2.05, 4.69) is 15.9 Å². The van der Waals surface area contributed by atoms with Crippen LogP contribution < -0.4 is 4.74 Å². The van der Waals surface area contributed by atoms with Crippen molar-refractivity contribution in [2.24, 2.45) is 0 Å². The number of carbonyl (C=O) groups is 1. The fraction of sp³-hybridized carbons (Fsp3) is 0.0714. The van der Waals surface area contributed by atoms with Gasteiger partial charge in [-0.2, -0.15) is 0 Å². The van der Waals surface area contributed by atoms with Gasteiger partial charge >= 0.3 is 0 Å². The molecule has 2 rings (SSSR count). The van der Waals surface area contributed by atoms with Gasteiger partial charge in [-0.05, 0) is 40.2 Å². The van der Waals surface area contributed by atoms with E-state index >= 15 is 0 Å². The minimum atomic E-state index is -0.707. The summed E-state index contributed by atoms with van der Waals surface area (Å²) >= 11 is 8.74. The summed E-state index contributed by atoms with van der Waals surface area (Å²) in [6, 6.07) is 5.96. The van der Waals surface area contributed by atoms with Gasteiger partial charge in [0.15, 0.2) is 5.78 Å². The Hall–Kier alpha value is -1.46. The van der Waals surface area contributed by atoms with E-state index in [0.29, 0.717) is 0 Å². The molecule has 0 fully saturated rings. The molecule has 0 atom stereocenters. The zero-order valence-electron chi connectivity index (χ0n) is 10.2. The van der Waals surface area contributed by atoms with Crippen molar-refractivity contribution in [1.29, 1.82) is 0 Å². The van der Waals surface area contributed by atoms with Gasteiger partial charge in [-0.15, -0.1) is 0 Å². The zero-order chi connectivity index (χ0) is 14.9. The highest BCUT2D eigenvalue weighted by Gasteiger charge is 2.20. The summed E-state index contributed by atoms with van der Waals surface area (Å²) in [4.78, 5) is 12.3. The average molecular weight is 362 g/mol. The molecule has 0 unspecified atom stereocenters. The highest BCUT2D eigenvalue weighted by molar-refractivity contribution is 9.10. The van der Waals surface area contributed by atoms with Crippen LogP contribution in [0.5, 0.6) is 5.75 Å². The second-order valence-corrected chi connectivity index (χ2v) is 5.21. The predicted octanol–water partition coefficient (Wildman–Crippen LogP) is 4.62. The molecule has 0 aromatic heterocycles. The SMILES string of the molecule is COc1cc(F)c(Br)cc1C(=O)c1cc(Cl)ccc1F. The number of methoxy groups -OCH3 is 1. The first-order valence-corrected chi connectivity index (χ1v) is 6.64. The zero-order valence-corrected chi connectivity index (χ0v) is 12.6. The summed E-state index contributed by atoms with van der Waals surface area (Å²) < 4.78 is 32.2. The van der Waals surface area contributed by atoms with Gasteiger partial charge < -0.3 is 4.74 Å². The van der Waals surface area contributed by atoms with Crippen LogP contribution in [0.25, 0.3) is 0 Å². The smallest absolute Gasteiger partial charge is 0.199 e. The lowest BCUT2D eigenvalue weighted by molar-refractivity contribution is 0.103. The van der Waals surface area contributed by atoms with Crippen LogP contribution >= 0.6 is 27.5 Å². The molecular formula is C14H8BrClF2O2. The van der Waals surface area contributed by atoms with Gasteiger partial charge in [0, 0.05) is 11.1 Å². The van der Waals surface area contributed by atoms with Crippen molar-refractivity contribution >= 4 is 33.3 Å². The molecule has 0 aliphatic rings. The maximum atomic E-state index is 13.7. The number of ketones is 1. The van der Waals surface area contributed by atoms with Crippen molar-refractivity contribution in [2.45, 2.75) is 0 Å². The molecule has 0 saturated heterocycles. The lowest BCUT2D eigenvalue weighted by Crippen LogP contribution is -2.07. The number of halogens is 4. The maximum Gasteiger partial charge on any atom is 0.199 e. The van der Waals surface area contributed by atoms with Crippen molar-refractivity contribution in [1.82, 2.24) is 0 Å². The second-order valence-electron chi connectivity index (χ2n) is 3.92. The van der Waals surface area contributed by atoms with E-state index in [1.54, 1.807) is 0 Å². The Labute approximate surface area is 127 Å². The molecule has 0 aliphatic heterocycles. The molecule has 0 N–H and O–H groups in total. The van der Waals surface area contributed by atoms with Gasteiger partial charge in [-0.1, -0.05) is 11.6 Å². The molecule has 0 aliphatic carbocycles. The van der Waals surface area contributed by atoms with Gasteiger partial charge in [0.2, 0.25) is 0 Å². The normalized spacial score (nSPS) is 10.4. The fourth-order valence-electron chi connectivity index (χ4n) is 1.69. The van der Waals surface area contributed by atoms with Gasteiger partial charge in [-0.25, -0.2) is 8.78 Å². The van der Waals surface area contributed by atoms with E-state index in [0.717, 1.165) is 12.1 Å². The van der Waals surface area contributed by atoms with Crippen molar-refractivity contribution < 1.29 is 18.3 Å². The Bertz CT molecular complexity index is 689. The monoisotopic (exact) mass is 360 g/mol. The molecule has 0 heterocycles. The molecule has 2 aromatic carbocycles. The molecular weight excluding hydrogens is 354 g/mol. The maximum absolute atomic E-state index is 13.7. The largest absolute Gasteiger partial charge is 0.496 e. The van der Waals surface area contributed by atoms with Crippen molar-refractivity contribution in [2.75, 3.05) is 7.11 Å². The molecule has 2 aromatic rings. The summed E-state index contributed by atoms with van der Waals surface area (Å²) in [5.41, 5.74) is -0.156. The molecule has 0 amide bonds. The fourth-order valence-corrected chi connectivity index (χ4v) is 2.21. The molecule has 0 saturated carbocycles. The minimum absolute atomic E-state index is 0.0232. The van der Waals surface area contributed by atoms with Crippen LogP contribution in [0.4, 0.5) is 8.78 Å². The number of hydrogen-bond acceptors (Lipinski definition) is 2. The quantitative estimate of drug-likeness (QED) is 0.746. The Kier molecular flexibility index (Phi) is 4.40. The Balaban J connectivity index is 2.58. The Morgan fingerprint density at radius 2 is 1.85 bits per heavy atom. The number of ether oxygens (including phenoxy) is 1. The van der Waals surface area contributed by atoms with E-state index in [1.807, 2.05) is 0 Å². The molecule has 0 radical (unpaired) electrons. The Morgan fingerprint density at radius 3 is 2.50 bits per heavy atom. The van der Waals surface area contributed by atoms with Gasteiger partial charge in [-0.3, -0.25) is 4.79 Å². The molecule has 20 heavy (non-hydrogen) atoms. The summed E-state index contributed by atoms with van der Waals surface area (Å²) in [5.74, 6) is -1.90. The van der Waals surface area contributed by atoms with Crippen LogP contribution in [0.3, 0.4) is 0 Å². The van der Waals surface area contributed by atoms with Crippen molar-refractivity contribution in [3.05, 3.63) is 62.6 Å². The van der Waals surface area contributed by atoms with E-state index in [1.165, 1.54) is 25.3 Å². The average Bonchev–Trinajstić information content (AvgIpc) is 2.43. The van der Waals surface area contributed by atoms with Crippen LogP contribution in [-0.4, -0.2) is 12.9 Å². The summed E-state index contributed by atoms with van der Waals surface area (Å²) in [5, 5.41) is 0.231. The van der Waals surface area contributed by atoms with Crippen molar-refractivity contribution in [3.8, 4) is 5.75 Å². The van der Waals surface area contributed by atoms with Crippen molar-refractivity contribution in [3.63, 3.8) is 0 Å². The number of hydrogen-bond donors (Lipinski definition) is 0. The van der Waals surface area contributed by atoms with Crippen LogP contribution in [0.15, 0.2) is 34.8 Å². The third-order valence-corrected chi connectivity index (χ3v) is 3.50. The van der Waals surface area contributed by atoms with Crippen LogP contribution in [-0.2, 0) is 0 Å². The molecule has 104 valence electrons. The highest BCUT2D eigenvalue weighted by atomic mass is 79.9. The Morgan fingerprint density at radius 1 is 1.15 bits per heavy atom. The lowest BCUT2D eigenvalue weighted by atomic mass is 10.0. The number of carbonyl (C=O) groups excluding carboxylic acids is 1. The first kappa shape index (κ1) is 14.9. The number of benzene rings is 2. The highest BCUT2D eigenvalue weighted by Crippen LogP contribution is 2.29. The summed E-state index contributed by atoms with van der Waals surface area (Å²) in [7, 11) is 1.30. The van der Waals surface area contributed by atoms with E-state index in [-0.39, 0.29) is 26.4 Å². The van der Waals surface area contributed by atoms with Crippen LogP contribution in [0.1, 0.15) is 15.9 Å². The van der Waals surface area contributed by atoms with Crippen LogP contribution in [0, 0.1) is 11.6 Å². The molecule has 0 spiro atoms. The van der Waals surface area contributed by atoms with Gasteiger partial charge in [0.1, 0.15) is 17.4 Å². The summed E-state index contributed by atoms with van der Waals surface area (Å²) in [6.45, 7) is 0. The minimum Gasteiger partial charge on any atom is -0.496 e. The first-order valence-electron chi connectivity index (χ1n) is 5.47. The molecule has 6 heteroatoms. The summed E-state index contributed by atoms with van der Waals surface area (Å²) in [6.07, 6.45) is 0. The van der Waals surface area contributed by atoms with E-state index in [9.17, 15) is 13.6 Å². The number of rotatable bonds is 3. The third kappa shape index (κ3) is 2.83. The molecule has 2 nitrogen and oxygen atoms in total.